The largest absolute Gasteiger partial charge is 0.487 e. The summed E-state index contributed by atoms with van der Waals surface area (Å²) in [5.41, 5.74) is 2.18. The zero-order chi connectivity index (χ0) is 13.0. The number of imidazole rings is 1. The van der Waals surface area contributed by atoms with Gasteiger partial charge in [-0.3, -0.25) is 0 Å². The standard InChI is InChI=1S/C13H16BrN3O/c1-15-6-10-5-11(14)3-4-13(10)18-8-12-7-16-9-17(12)2/h3-5,7,9,15H,6,8H2,1-2H3. The summed E-state index contributed by atoms with van der Waals surface area (Å²) in [5.74, 6) is 0.897. The lowest BCUT2D eigenvalue weighted by Gasteiger charge is -2.12. The van der Waals surface area contributed by atoms with Gasteiger partial charge in [-0.15, -0.1) is 0 Å². The van der Waals surface area contributed by atoms with Crippen LogP contribution in [0, 0.1) is 0 Å². The number of hydrogen-bond donors (Lipinski definition) is 1. The first-order valence-electron chi connectivity index (χ1n) is 5.71. The van der Waals surface area contributed by atoms with Crippen molar-refractivity contribution in [1.82, 2.24) is 14.9 Å². The summed E-state index contributed by atoms with van der Waals surface area (Å²) >= 11 is 3.47. The first-order chi connectivity index (χ1) is 8.70. The Hall–Kier alpha value is -1.33. The molecule has 0 spiro atoms. The van der Waals surface area contributed by atoms with E-state index in [0.29, 0.717) is 6.61 Å². The Morgan fingerprint density at radius 3 is 2.94 bits per heavy atom. The van der Waals surface area contributed by atoms with Crippen molar-refractivity contribution in [3.8, 4) is 5.75 Å². The Kier molecular flexibility index (Phi) is 4.38. The van der Waals surface area contributed by atoms with E-state index in [1.54, 1.807) is 6.33 Å². The number of aromatic nitrogens is 2. The lowest BCUT2D eigenvalue weighted by molar-refractivity contribution is 0.293. The molecule has 2 rings (SSSR count). The predicted molar refractivity (Wildman–Crippen MR) is 74.4 cm³/mol. The monoisotopic (exact) mass is 309 g/mol. The summed E-state index contributed by atoms with van der Waals surface area (Å²) in [6.07, 6.45) is 3.59. The predicted octanol–water partition coefficient (Wildman–Crippen LogP) is 2.48. The second-order valence-electron chi connectivity index (χ2n) is 4.07. The average Bonchev–Trinajstić information content (AvgIpc) is 2.74. The number of benzene rings is 1. The number of hydrogen-bond acceptors (Lipinski definition) is 3. The zero-order valence-electron chi connectivity index (χ0n) is 10.5. The molecular formula is C13H16BrN3O. The van der Waals surface area contributed by atoms with Crippen LogP contribution in [0.1, 0.15) is 11.3 Å². The molecule has 4 nitrogen and oxygen atoms in total. The molecule has 0 aliphatic rings. The third-order valence-corrected chi connectivity index (χ3v) is 3.18. The van der Waals surface area contributed by atoms with Crippen molar-refractivity contribution in [3.05, 3.63) is 46.5 Å². The number of halogens is 1. The summed E-state index contributed by atoms with van der Waals surface area (Å²) in [7, 11) is 3.88. The van der Waals surface area contributed by atoms with E-state index >= 15 is 0 Å². The minimum atomic E-state index is 0.523. The second kappa shape index (κ2) is 6.02. The van der Waals surface area contributed by atoms with E-state index in [4.69, 9.17) is 4.74 Å². The van der Waals surface area contributed by atoms with E-state index in [9.17, 15) is 0 Å². The van der Waals surface area contributed by atoms with Crippen LogP contribution in [0.25, 0.3) is 0 Å². The Bertz CT molecular complexity index is 525. The average molecular weight is 310 g/mol. The van der Waals surface area contributed by atoms with Crippen LogP contribution in [0.15, 0.2) is 35.2 Å². The van der Waals surface area contributed by atoms with Crippen LogP contribution < -0.4 is 10.1 Å². The Morgan fingerprint density at radius 1 is 1.44 bits per heavy atom. The van der Waals surface area contributed by atoms with Gasteiger partial charge in [-0.05, 0) is 25.2 Å². The molecule has 0 fully saturated rings. The summed E-state index contributed by atoms with van der Waals surface area (Å²) in [5, 5.41) is 3.14. The van der Waals surface area contributed by atoms with Gasteiger partial charge >= 0.3 is 0 Å². The lowest BCUT2D eigenvalue weighted by atomic mass is 10.2. The van der Waals surface area contributed by atoms with Crippen LogP contribution in [-0.4, -0.2) is 16.6 Å². The van der Waals surface area contributed by atoms with Gasteiger partial charge < -0.3 is 14.6 Å². The van der Waals surface area contributed by atoms with E-state index in [0.717, 1.165) is 28.0 Å². The normalized spacial score (nSPS) is 10.6. The second-order valence-corrected chi connectivity index (χ2v) is 4.98. The molecule has 0 saturated carbocycles. The van der Waals surface area contributed by atoms with Crippen LogP contribution in [0.3, 0.4) is 0 Å². The molecule has 96 valence electrons. The molecule has 0 aliphatic carbocycles. The van der Waals surface area contributed by atoms with Gasteiger partial charge in [0.25, 0.3) is 0 Å². The van der Waals surface area contributed by atoms with Crippen LogP contribution in [-0.2, 0) is 20.2 Å². The highest BCUT2D eigenvalue weighted by atomic mass is 79.9. The van der Waals surface area contributed by atoms with Gasteiger partial charge in [0.1, 0.15) is 12.4 Å². The van der Waals surface area contributed by atoms with Crippen molar-refractivity contribution in [3.63, 3.8) is 0 Å². The highest BCUT2D eigenvalue weighted by molar-refractivity contribution is 9.10. The molecule has 18 heavy (non-hydrogen) atoms. The lowest BCUT2D eigenvalue weighted by Crippen LogP contribution is -2.08. The van der Waals surface area contributed by atoms with E-state index < -0.39 is 0 Å². The topological polar surface area (TPSA) is 39.1 Å². The molecule has 1 heterocycles. The highest BCUT2D eigenvalue weighted by Crippen LogP contribution is 2.24. The molecule has 5 heteroatoms. The molecule has 0 radical (unpaired) electrons. The van der Waals surface area contributed by atoms with Gasteiger partial charge in [-0.1, -0.05) is 15.9 Å². The van der Waals surface area contributed by atoms with Crippen molar-refractivity contribution in [2.75, 3.05) is 7.05 Å². The summed E-state index contributed by atoms with van der Waals surface area (Å²) < 4.78 is 8.86. The van der Waals surface area contributed by atoms with Crippen molar-refractivity contribution >= 4 is 15.9 Å². The third kappa shape index (κ3) is 3.11. The molecule has 0 unspecified atom stereocenters. The SMILES string of the molecule is CNCc1cc(Br)ccc1OCc1cncn1C. The first-order valence-corrected chi connectivity index (χ1v) is 6.51. The van der Waals surface area contributed by atoms with Gasteiger partial charge in [-0.25, -0.2) is 4.98 Å². The molecular weight excluding hydrogens is 294 g/mol. The maximum Gasteiger partial charge on any atom is 0.130 e. The molecule has 0 atom stereocenters. The number of rotatable bonds is 5. The fraction of sp³-hybridized carbons (Fsp3) is 0.308. The van der Waals surface area contributed by atoms with Crippen LogP contribution in [0.4, 0.5) is 0 Å². The molecule has 0 saturated heterocycles. The minimum absolute atomic E-state index is 0.523. The van der Waals surface area contributed by atoms with Crippen LogP contribution in [0.5, 0.6) is 5.75 Å². The van der Waals surface area contributed by atoms with E-state index in [1.165, 1.54) is 0 Å². The number of ether oxygens (including phenoxy) is 1. The summed E-state index contributed by atoms with van der Waals surface area (Å²) in [6, 6.07) is 6.03. The maximum atomic E-state index is 5.85. The molecule has 2 aromatic rings. The highest BCUT2D eigenvalue weighted by Gasteiger charge is 2.05. The minimum Gasteiger partial charge on any atom is -0.487 e. The van der Waals surface area contributed by atoms with Crippen molar-refractivity contribution in [2.45, 2.75) is 13.2 Å². The smallest absolute Gasteiger partial charge is 0.130 e. The molecule has 0 amide bonds. The Labute approximate surface area is 115 Å². The zero-order valence-corrected chi connectivity index (χ0v) is 12.1. The van der Waals surface area contributed by atoms with Crippen molar-refractivity contribution in [2.24, 2.45) is 7.05 Å². The Balaban J connectivity index is 2.11. The fourth-order valence-electron chi connectivity index (χ4n) is 1.69. The van der Waals surface area contributed by atoms with Crippen LogP contribution in [0.2, 0.25) is 0 Å². The fourth-order valence-corrected chi connectivity index (χ4v) is 2.10. The molecule has 1 N–H and O–H groups in total. The van der Waals surface area contributed by atoms with E-state index in [2.05, 4.69) is 32.3 Å². The van der Waals surface area contributed by atoms with Crippen LogP contribution >= 0.6 is 15.9 Å². The van der Waals surface area contributed by atoms with Gasteiger partial charge in [0.15, 0.2) is 0 Å². The quantitative estimate of drug-likeness (QED) is 0.922. The maximum absolute atomic E-state index is 5.85. The number of nitrogens with zero attached hydrogens (tertiary/aromatic N) is 2. The summed E-state index contributed by atoms with van der Waals surface area (Å²) in [4.78, 5) is 4.07. The van der Waals surface area contributed by atoms with Gasteiger partial charge in [-0.2, -0.15) is 0 Å². The van der Waals surface area contributed by atoms with E-state index in [-0.39, 0.29) is 0 Å². The molecule has 1 aromatic heterocycles. The number of aryl methyl sites for hydroxylation is 1. The van der Waals surface area contributed by atoms with Crippen molar-refractivity contribution in [1.29, 1.82) is 0 Å². The molecule has 0 aliphatic heterocycles. The van der Waals surface area contributed by atoms with E-state index in [1.807, 2.05) is 37.0 Å². The molecule has 0 bridgehead atoms. The molecule has 1 aromatic carbocycles. The van der Waals surface area contributed by atoms with Gasteiger partial charge in [0.05, 0.1) is 18.2 Å². The first kappa shape index (κ1) is 13.1. The van der Waals surface area contributed by atoms with Gasteiger partial charge in [0, 0.05) is 23.6 Å². The Morgan fingerprint density at radius 2 is 2.28 bits per heavy atom. The van der Waals surface area contributed by atoms with Gasteiger partial charge in [0.2, 0.25) is 0 Å². The third-order valence-electron chi connectivity index (χ3n) is 2.68. The summed E-state index contributed by atoms with van der Waals surface area (Å²) in [6.45, 7) is 1.30. The van der Waals surface area contributed by atoms with Crippen molar-refractivity contribution < 1.29 is 4.74 Å². The number of nitrogens with one attached hydrogen (secondary N) is 1.